The third kappa shape index (κ3) is 4.76. The largest absolute Gasteiger partial charge is 0.496 e. The van der Waals surface area contributed by atoms with E-state index in [1.807, 2.05) is 85.8 Å². The smallest absolute Gasteiger partial charge is 0.399 e. The highest BCUT2D eigenvalue weighted by Crippen LogP contribution is 2.39. The van der Waals surface area contributed by atoms with Gasteiger partial charge in [0.05, 0.1) is 22.4 Å². The minimum atomic E-state index is -0.591. The Morgan fingerprint density at radius 2 is 1.50 bits per heavy atom. The van der Waals surface area contributed by atoms with E-state index in [1.165, 1.54) is 0 Å². The van der Waals surface area contributed by atoms with Gasteiger partial charge in [-0.15, -0.1) is 0 Å². The zero-order chi connectivity index (χ0) is 26.9. The van der Waals surface area contributed by atoms with Gasteiger partial charge >= 0.3 is 7.12 Å². The van der Waals surface area contributed by atoms with Crippen LogP contribution in [0.1, 0.15) is 40.2 Å². The highest BCUT2D eigenvalue weighted by atomic mass is 16.7. The van der Waals surface area contributed by atoms with E-state index in [0.717, 1.165) is 44.3 Å². The van der Waals surface area contributed by atoms with Crippen LogP contribution in [0.2, 0.25) is 0 Å². The molecule has 4 aromatic rings. The molecule has 4 nitrogen and oxygen atoms in total. The molecule has 38 heavy (non-hydrogen) atoms. The molecule has 5 heteroatoms. The summed E-state index contributed by atoms with van der Waals surface area (Å²) in [6, 6.07) is 24.4. The number of para-hydroxylation sites is 1. The van der Waals surface area contributed by atoms with Crippen LogP contribution in [0.5, 0.6) is 0 Å². The predicted molar refractivity (Wildman–Crippen MR) is 159 cm³/mol. The van der Waals surface area contributed by atoms with Crippen molar-refractivity contribution in [2.45, 2.75) is 45.8 Å². The summed E-state index contributed by atoms with van der Waals surface area (Å²) in [5.74, 6) is 0.677. The average molecular weight is 500 g/mol. The van der Waals surface area contributed by atoms with E-state index in [1.54, 1.807) is 0 Å². The van der Waals surface area contributed by atoms with Crippen molar-refractivity contribution in [2.24, 2.45) is 0 Å². The molecule has 0 N–H and O–H groups in total. The normalized spacial score (nSPS) is 16.6. The van der Waals surface area contributed by atoms with Crippen LogP contribution in [0.3, 0.4) is 0 Å². The molecule has 0 bridgehead atoms. The van der Waals surface area contributed by atoms with Gasteiger partial charge in [0.2, 0.25) is 0 Å². The zero-order valence-corrected chi connectivity index (χ0v) is 22.7. The number of aromatic nitrogens is 2. The second-order valence-corrected chi connectivity index (χ2v) is 10.5. The number of allylic oxidation sites excluding steroid dienone is 5. The molecule has 2 heterocycles. The molecule has 0 spiro atoms. The van der Waals surface area contributed by atoms with Gasteiger partial charge in [-0.1, -0.05) is 97.6 Å². The summed E-state index contributed by atoms with van der Waals surface area (Å²) in [4.78, 5) is 10.0. The molecule has 1 fully saturated rings. The van der Waals surface area contributed by atoms with Gasteiger partial charge in [0.1, 0.15) is 0 Å². The Kier molecular flexibility index (Phi) is 6.91. The molecule has 5 rings (SSSR count). The molecule has 1 aliphatic rings. The number of hydrogen-bond donors (Lipinski definition) is 0. The highest BCUT2D eigenvalue weighted by molar-refractivity contribution is 6.65. The lowest BCUT2D eigenvalue weighted by molar-refractivity contribution is 0.00578. The van der Waals surface area contributed by atoms with Gasteiger partial charge in [-0.25, -0.2) is 9.97 Å². The molecule has 0 aliphatic carbocycles. The highest BCUT2D eigenvalue weighted by Gasteiger charge is 2.53. The van der Waals surface area contributed by atoms with Crippen LogP contribution in [0.25, 0.3) is 39.1 Å². The molecule has 190 valence electrons. The van der Waals surface area contributed by atoms with Gasteiger partial charge in [-0.3, -0.25) is 0 Å². The Hall–Kier alpha value is -3.80. The Balaban J connectivity index is 1.78. The van der Waals surface area contributed by atoms with Crippen LogP contribution < -0.4 is 5.46 Å². The molecule has 1 aromatic heterocycles. The summed E-state index contributed by atoms with van der Waals surface area (Å²) in [5, 5.41) is 0.970. The van der Waals surface area contributed by atoms with Crippen LogP contribution in [-0.4, -0.2) is 28.3 Å². The van der Waals surface area contributed by atoms with Gasteiger partial charge in [0.25, 0.3) is 0 Å². The van der Waals surface area contributed by atoms with E-state index < -0.39 is 18.3 Å². The predicted octanol–water partition coefficient (Wildman–Crippen LogP) is 7.41. The molecule has 1 saturated heterocycles. The van der Waals surface area contributed by atoms with E-state index in [9.17, 15) is 0 Å². The molecule has 0 atom stereocenters. The fourth-order valence-corrected chi connectivity index (χ4v) is 4.64. The van der Waals surface area contributed by atoms with Crippen molar-refractivity contribution in [1.82, 2.24) is 9.97 Å². The fraction of sp³-hybridized carbons (Fsp3) is 0.212. The summed E-state index contributed by atoms with van der Waals surface area (Å²) in [5.41, 5.74) is 5.40. The van der Waals surface area contributed by atoms with Gasteiger partial charge < -0.3 is 9.31 Å². The molecule has 0 saturated carbocycles. The topological polar surface area (TPSA) is 44.2 Å². The van der Waals surface area contributed by atoms with E-state index in [-0.39, 0.29) is 0 Å². The maximum atomic E-state index is 6.61. The second kappa shape index (κ2) is 10.2. The van der Waals surface area contributed by atoms with E-state index in [0.29, 0.717) is 5.82 Å². The second-order valence-electron chi connectivity index (χ2n) is 10.5. The first-order valence-electron chi connectivity index (χ1n) is 13.0. The standard InChI is InChI=1S/C33H33BN2O2/c1-7-8-10-16-23(2)25-20-15-21-27(29(25)34-37-32(3,4)33(5,6)38-34)30-26-19-13-14-22-28(26)35-31(36-30)24-17-11-9-12-18-24/h7-22H,2H2,1,3-6H3/b8-7-,16-10-. The third-order valence-corrected chi connectivity index (χ3v) is 7.43. The lowest BCUT2D eigenvalue weighted by atomic mass is 9.70. The van der Waals surface area contributed by atoms with Crippen molar-refractivity contribution < 1.29 is 9.31 Å². The number of benzene rings is 3. The van der Waals surface area contributed by atoms with Gasteiger partial charge in [0, 0.05) is 16.5 Å². The number of rotatable bonds is 6. The van der Waals surface area contributed by atoms with E-state index >= 15 is 0 Å². The molecular formula is C33H33BN2O2. The van der Waals surface area contributed by atoms with Gasteiger partial charge in [0.15, 0.2) is 5.82 Å². The summed E-state index contributed by atoms with van der Waals surface area (Å²) < 4.78 is 13.2. The third-order valence-electron chi connectivity index (χ3n) is 7.43. The first-order valence-corrected chi connectivity index (χ1v) is 13.0. The molecule has 1 aliphatic heterocycles. The Morgan fingerprint density at radius 3 is 2.21 bits per heavy atom. The average Bonchev–Trinajstić information content (AvgIpc) is 3.14. The molecule has 0 unspecified atom stereocenters. The lowest BCUT2D eigenvalue weighted by Gasteiger charge is -2.32. The van der Waals surface area contributed by atoms with Crippen LogP contribution in [0.15, 0.2) is 104 Å². The molecule has 0 radical (unpaired) electrons. The number of fused-ring (bicyclic) bond motifs is 1. The van der Waals surface area contributed by atoms with Gasteiger partial charge in [-0.05, 0) is 57.3 Å². The van der Waals surface area contributed by atoms with Crippen molar-refractivity contribution >= 4 is 29.1 Å². The Labute approximate surface area is 225 Å². The van der Waals surface area contributed by atoms with Crippen molar-refractivity contribution in [3.05, 3.63) is 109 Å². The molecular weight excluding hydrogens is 467 g/mol. The van der Waals surface area contributed by atoms with Crippen molar-refractivity contribution in [1.29, 1.82) is 0 Å². The molecule has 0 amide bonds. The number of hydrogen-bond acceptors (Lipinski definition) is 4. The summed E-state index contributed by atoms with van der Waals surface area (Å²) >= 11 is 0. The summed E-state index contributed by atoms with van der Waals surface area (Å²) in [6.45, 7) is 14.7. The maximum absolute atomic E-state index is 6.61. The van der Waals surface area contributed by atoms with Crippen molar-refractivity contribution in [3.63, 3.8) is 0 Å². The first kappa shape index (κ1) is 25.8. The lowest BCUT2D eigenvalue weighted by Crippen LogP contribution is -2.41. The quantitative estimate of drug-likeness (QED) is 0.204. The molecule has 3 aromatic carbocycles. The van der Waals surface area contributed by atoms with E-state index in [2.05, 4.69) is 52.5 Å². The van der Waals surface area contributed by atoms with Crippen molar-refractivity contribution in [2.75, 3.05) is 0 Å². The van der Waals surface area contributed by atoms with E-state index in [4.69, 9.17) is 19.3 Å². The van der Waals surface area contributed by atoms with Crippen LogP contribution in [0.4, 0.5) is 0 Å². The van der Waals surface area contributed by atoms with Crippen LogP contribution >= 0.6 is 0 Å². The Bertz CT molecular complexity index is 1540. The van der Waals surface area contributed by atoms with Crippen LogP contribution in [-0.2, 0) is 9.31 Å². The fourth-order valence-electron chi connectivity index (χ4n) is 4.64. The van der Waals surface area contributed by atoms with Gasteiger partial charge in [-0.2, -0.15) is 0 Å². The SMILES string of the molecule is C=C(/C=C\C=C/C)c1cccc(-c2nc(-c3ccccc3)nc3ccccc23)c1B1OC(C)(C)C(C)(C)O1. The monoisotopic (exact) mass is 500 g/mol. The first-order chi connectivity index (χ1) is 18.2. The Morgan fingerprint density at radius 1 is 0.816 bits per heavy atom. The van der Waals surface area contributed by atoms with Crippen molar-refractivity contribution in [3.8, 4) is 22.6 Å². The summed E-state index contributed by atoms with van der Waals surface area (Å²) in [6.07, 6.45) is 8.00. The maximum Gasteiger partial charge on any atom is 0.496 e. The summed E-state index contributed by atoms with van der Waals surface area (Å²) in [7, 11) is -0.591. The number of nitrogens with zero attached hydrogens (tertiary/aromatic N) is 2. The zero-order valence-electron chi connectivity index (χ0n) is 22.7. The minimum absolute atomic E-state index is 0.493. The minimum Gasteiger partial charge on any atom is -0.399 e. The van der Waals surface area contributed by atoms with Crippen LogP contribution in [0, 0.1) is 0 Å².